The zero-order valence-corrected chi connectivity index (χ0v) is 25.8. The zero-order chi connectivity index (χ0) is 30.4. The first-order valence-corrected chi connectivity index (χ1v) is 15.6. The summed E-state index contributed by atoms with van der Waals surface area (Å²) in [5, 5.41) is 19.2. The van der Waals surface area contributed by atoms with Crippen molar-refractivity contribution in [1.82, 2.24) is 29.7 Å². The number of para-hydroxylation sites is 1. The lowest BCUT2D eigenvalue weighted by molar-refractivity contribution is -0.148. The Labute approximate surface area is 251 Å². The van der Waals surface area contributed by atoms with Crippen LogP contribution in [0.3, 0.4) is 0 Å². The van der Waals surface area contributed by atoms with Crippen molar-refractivity contribution in [2.24, 2.45) is 17.8 Å². The number of hydrogen-bond acceptors (Lipinski definition) is 7. The smallest absolute Gasteiger partial charge is 0.248 e. The van der Waals surface area contributed by atoms with Crippen LogP contribution in [0.5, 0.6) is 0 Å². The number of aromatic nitrogens is 3. The van der Waals surface area contributed by atoms with E-state index in [4.69, 9.17) is 0 Å². The van der Waals surface area contributed by atoms with Crippen molar-refractivity contribution in [2.75, 3.05) is 26.7 Å². The number of nitrogens with zero attached hydrogens (tertiary/aromatic N) is 6. The van der Waals surface area contributed by atoms with Crippen LogP contribution in [0, 0.1) is 17.8 Å². The van der Waals surface area contributed by atoms with Gasteiger partial charge >= 0.3 is 0 Å². The standard InChI is InChI=1S/C31H42N6O4S/c1-7-16-34(6)27(39)24-25-28(40)37(23(18-38)20(4)9-3)26(31(25)15-14-30(24,5)42-31)29(41)35(17-8-2)19-36-22-13-11-10-12-21(22)32-33-36/h7-8,10-13,20,23-26,38H,1-2,9,14-19H2,3-6H3/t20-,23-,24+,25-,26?,30-,31?/m0/s1. The number of benzene rings is 1. The normalized spacial score (nSPS) is 29.4. The first kappa shape index (κ1) is 30.3. The minimum absolute atomic E-state index is 0.0491. The topological polar surface area (TPSA) is 112 Å². The van der Waals surface area contributed by atoms with E-state index < -0.39 is 33.4 Å². The van der Waals surface area contributed by atoms with Gasteiger partial charge in [0.15, 0.2) is 0 Å². The van der Waals surface area contributed by atoms with E-state index in [0.29, 0.717) is 13.0 Å². The van der Waals surface area contributed by atoms with Gasteiger partial charge in [0.2, 0.25) is 17.7 Å². The van der Waals surface area contributed by atoms with Gasteiger partial charge in [0, 0.05) is 24.9 Å². The molecule has 3 fully saturated rings. The van der Waals surface area contributed by atoms with Crippen LogP contribution < -0.4 is 0 Å². The fraction of sp³-hybridized carbons (Fsp3) is 0.581. The number of aliphatic hydroxyl groups excluding tert-OH is 1. The van der Waals surface area contributed by atoms with E-state index in [1.165, 1.54) is 0 Å². The molecule has 226 valence electrons. The molecule has 3 saturated heterocycles. The van der Waals surface area contributed by atoms with Crippen LogP contribution in [0.25, 0.3) is 11.0 Å². The van der Waals surface area contributed by atoms with Crippen LogP contribution in [0.4, 0.5) is 0 Å². The molecule has 3 aliphatic heterocycles. The van der Waals surface area contributed by atoms with Gasteiger partial charge in [-0.3, -0.25) is 14.4 Å². The Kier molecular flexibility index (Phi) is 8.28. The second-order valence-electron chi connectivity index (χ2n) is 12.2. The van der Waals surface area contributed by atoms with Crippen molar-refractivity contribution in [3.8, 4) is 0 Å². The van der Waals surface area contributed by atoms with E-state index in [0.717, 1.165) is 23.9 Å². The van der Waals surface area contributed by atoms with Crippen molar-refractivity contribution in [1.29, 1.82) is 0 Å². The molecule has 0 saturated carbocycles. The molecule has 3 amide bonds. The number of carbonyl (C=O) groups excluding carboxylic acids is 3. The fourth-order valence-corrected chi connectivity index (χ4v) is 9.77. The molecule has 2 unspecified atom stereocenters. The summed E-state index contributed by atoms with van der Waals surface area (Å²) in [5.74, 6) is -1.82. The number of carbonyl (C=O) groups is 3. The summed E-state index contributed by atoms with van der Waals surface area (Å²) in [7, 11) is 1.74. The van der Waals surface area contributed by atoms with Crippen LogP contribution in [-0.4, -0.2) is 101 Å². The lowest BCUT2D eigenvalue weighted by atomic mass is 9.66. The number of likely N-dealkylation sites (N-methyl/N-ethyl adjacent to an activating group) is 1. The summed E-state index contributed by atoms with van der Waals surface area (Å²) in [5.41, 5.74) is 1.52. The Morgan fingerprint density at radius 3 is 2.60 bits per heavy atom. The molecule has 1 aromatic carbocycles. The second kappa shape index (κ2) is 11.5. The molecule has 0 aliphatic carbocycles. The Morgan fingerprint density at radius 1 is 1.21 bits per heavy atom. The predicted molar refractivity (Wildman–Crippen MR) is 163 cm³/mol. The predicted octanol–water partition coefficient (Wildman–Crippen LogP) is 2.94. The average Bonchev–Trinajstić information content (AvgIpc) is 3.68. The van der Waals surface area contributed by atoms with Gasteiger partial charge in [-0.15, -0.1) is 30.0 Å². The maximum absolute atomic E-state index is 14.8. The molecule has 1 aromatic heterocycles. The molecule has 10 nitrogen and oxygen atoms in total. The van der Waals surface area contributed by atoms with Crippen molar-refractivity contribution < 1.29 is 19.5 Å². The van der Waals surface area contributed by atoms with Gasteiger partial charge in [0.05, 0.1) is 34.7 Å². The molecular weight excluding hydrogens is 552 g/mol. The Hall–Kier alpha value is -3.18. The van der Waals surface area contributed by atoms with Crippen LogP contribution in [-0.2, 0) is 21.1 Å². The molecule has 4 heterocycles. The monoisotopic (exact) mass is 594 g/mol. The third-order valence-electron chi connectivity index (χ3n) is 9.72. The first-order valence-electron chi connectivity index (χ1n) is 14.8. The van der Waals surface area contributed by atoms with Crippen LogP contribution in [0.15, 0.2) is 49.6 Å². The van der Waals surface area contributed by atoms with E-state index in [1.54, 1.807) is 50.3 Å². The highest BCUT2D eigenvalue weighted by Gasteiger charge is 2.78. The van der Waals surface area contributed by atoms with Gasteiger partial charge in [0.25, 0.3) is 0 Å². The number of amides is 3. The second-order valence-corrected chi connectivity index (χ2v) is 14.1. The summed E-state index contributed by atoms with van der Waals surface area (Å²) in [6, 6.07) is 6.16. The van der Waals surface area contributed by atoms with Gasteiger partial charge in [-0.2, -0.15) is 0 Å². The minimum Gasteiger partial charge on any atom is -0.394 e. The fourth-order valence-electron chi connectivity index (χ4n) is 7.44. The highest BCUT2D eigenvalue weighted by molar-refractivity contribution is 8.02. The molecule has 5 rings (SSSR count). The van der Waals surface area contributed by atoms with Gasteiger partial charge in [-0.25, -0.2) is 4.68 Å². The summed E-state index contributed by atoms with van der Waals surface area (Å²) < 4.78 is 0.416. The Balaban J connectivity index is 1.60. The first-order chi connectivity index (χ1) is 20.1. The number of likely N-dealkylation sites (tertiary alicyclic amines) is 1. The number of hydrogen-bond donors (Lipinski definition) is 1. The highest BCUT2D eigenvalue weighted by atomic mass is 32.2. The molecule has 7 atom stereocenters. The van der Waals surface area contributed by atoms with Gasteiger partial charge in [-0.05, 0) is 37.8 Å². The van der Waals surface area contributed by atoms with Gasteiger partial charge < -0.3 is 19.8 Å². The lowest BCUT2D eigenvalue weighted by Gasteiger charge is -2.41. The number of aliphatic hydroxyl groups is 1. The quantitative estimate of drug-likeness (QED) is 0.376. The number of fused-ring (bicyclic) bond motifs is 2. The molecule has 1 N–H and O–H groups in total. The third-order valence-corrected chi connectivity index (χ3v) is 11.7. The summed E-state index contributed by atoms with van der Waals surface area (Å²) in [6.07, 6.45) is 5.43. The largest absolute Gasteiger partial charge is 0.394 e. The molecular formula is C31H42N6O4S. The molecule has 1 spiro atoms. The molecule has 2 bridgehead atoms. The third kappa shape index (κ3) is 4.56. The average molecular weight is 595 g/mol. The van der Waals surface area contributed by atoms with Gasteiger partial charge in [0.1, 0.15) is 18.2 Å². The van der Waals surface area contributed by atoms with Crippen LogP contribution >= 0.6 is 11.8 Å². The molecule has 42 heavy (non-hydrogen) atoms. The van der Waals surface area contributed by atoms with E-state index in [2.05, 4.69) is 30.4 Å². The summed E-state index contributed by atoms with van der Waals surface area (Å²) in [6.45, 7) is 14.2. The Morgan fingerprint density at radius 2 is 1.93 bits per heavy atom. The number of rotatable bonds is 12. The van der Waals surface area contributed by atoms with Crippen LogP contribution in [0.2, 0.25) is 0 Å². The lowest BCUT2D eigenvalue weighted by Crippen LogP contribution is -2.58. The zero-order valence-electron chi connectivity index (χ0n) is 25.0. The summed E-state index contributed by atoms with van der Waals surface area (Å²) in [4.78, 5) is 48.3. The molecule has 3 aliphatic rings. The van der Waals surface area contributed by atoms with Crippen LogP contribution in [0.1, 0.15) is 40.0 Å². The van der Waals surface area contributed by atoms with Crippen molar-refractivity contribution >= 4 is 40.5 Å². The van der Waals surface area contributed by atoms with E-state index in [9.17, 15) is 19.5 Å². The summed E-state index contributed by atoms with van der Waals surface area (Å²) >= 11 is 1.64. The van der Waals surface area contributed by atoms with Crippen molar-refractivity contribution in [2.45, 2.75) is 68.3 Å². The maximum atomic E-state index is 14.8. The molecule has 11 heteroatoms. The van der Waals surface area contributed by atoms with Crippen molar-refractivity contribution in [3.05, 3.63) is 49.6 Å². The number of thioether (sulfide) groups is 1. The van der Waals surface area contributed by atoms with Crippen molar-refractivity contribution in [3.63, 3.8) is 0 Å². The SMILES string of the molecule is C=CCN(C)C(=O)[C@H]1[C@H]2C(=O)N([C@@H](CO)[C@@H](C)CC)C(C(=O)N(CC=C)Cn3nnc4ccccc43)C23CC[C@]1(C)S3. The minimum atomic E-state index is -0.842. The maximum Gasteiger partial charge on any atom is 0.248 e. The highest BCUT2D eigenvalue weighted by Crippen LogP contribution is 2.72. The van der Waals surface area contributed by atoms with E-state index >= 15 is 0 Å². The van der Waals surface area contributed by atoms with E-state index in [1.807, 2.05) is 38.1 Å². The Bertz CT molecular complexity index is 1400. The van der Waals surface area contributed by atoms with Gasteiger partial charge in [-0.1, -0.05) is 49.8 Å². The van der Waals surface area contributed by atoms with E-state index in [-0.39, 0.29) is 43.5 Å². The molecule has 0 radical (unpaired) electrons. The molecule has 2 aromatic rings.